The van der Waals surface area contributed by atoms with Crippen molar-refractivity contribution in [3.8, 4) is 0 Å². The van der Waals surface area contributed by atoms with E-state index in [1.807, 2.05) is 10.8 Å². The maximum atomic E-state index is 5.07. The molecule has 2 rings (SSSR count). The summed E-state index contributed by atoms with van der Waals surface area (Å²) in [6, 6.07) is 0. The van der Waals surface area contributed by atoms with E-state index in [2.05, 4.69) is 41.2 Å². The van der Waals surface area contributed by atoms with Gasteiger partial charge in [0.25, 0.3) is 0 Å². The Morgan fingerprint density at radius 1 is 1.39 bits per heavy atom. The zero-order valence-corrected chi connectivity index (χ0v) is 11.3. The van der Waals surface area contributed by atoms with E-state index in [0.717, 1.165) is 12.2 Å². The molecule has 0 atom stereocenters. The molecule has 0 amide bonds. The second-order valence-electron chi connectivity index (χ2n) is 5.38. The molecule has 0 aliphatic carbocycles. The first-order valence-electron chi connectivity index (χ1n) is 5.97. The topological polar surface area (TPSA) is 68.8 Å². The van der Waals surface area contributed by atoms with Crippen LogP contribution in [0.15, 0.2) is 17.0 Å². The highest BCUT2D eigenvalue weighted by Gasteiger charge is 2.10. The van der Waals surface area contributed by atoms with Gasteiger partial charge < -0.3 is 14.4 Å². The predicted octanol–water partition coefficient (Wildman–Crippen LogP) is 1.51. The lowest BCUT2D eigenvalue weighted by Crippen LogP contribution is -2.35. The zero-order valence-electron chi connectivity index (χ0n) is 11.3. The van der Waals surface area contributed by atoms with E-state index in [-0.39, 0.29) is 5.54 Å². The minimum atomic E-state index is 0.0907. The summed E-state index contributed by atoms with van der Waals surface area (Å²) in [6.07, 6.45) is 3.76. The van der Waals surface area contributed by atoms with Crippen molar-refractivity contribution in [3.05, 3.63) is 29.9 Å². The SMILES string of the molecule is Cc1noc(Cn2cnc(CNC(C)(C)C)c2)n1. The first kappa shape index (κ1) is 12.8. The fourth-order valence-corrected chi connectivity index (χ4v) is 1.50. The first-order chi connectivity index (χ1) is 8.42. The van der Waals surface area contributed by atoms with Gasteiger partial charge in [-0.15, -0.1) is 0 Å². The quantitative estimate of drug-likeness (QED) is 0.889. The Morgan fingerprint density at radius 2 is 2.17 bits per heavy atom. The summed E-state index contributed by atoms with van der Waals surface area (Å²) >= 11 is 0. The molecule has 98 valence electrons. The van der Waals surface area contributed by atoms with Gasteiger partial charge in [0.15, 0.2) is 5.82 Å². The normalized spacial score (nSPS) is 12.0. The molecule has 0 saturated heterocycles. The molecule has 0 radical (unpaired) electrons. The molecule has 0 unspecified atom stereocenters. The van der Waals surface area contributed by atoms with Gasteiger partial charge in [-0.3, -0.25) is 0 Å². The van der Waals surface area contributed by atoms with E-state index < -0.39 is 0 Å². The molecule has 1 N–H and O–H groups in total. The minimum Gasteiger partial charge on any atom is -0.337 e. The number of nitrogens with one attached hydrogen (secondary N) is 1. The number of aromatic nitrogens is 4. The number of hydrogen-bond acceptors (Lipinski definition) is 5. The first-order valence-corrected chi connectivity index (χ1v) is 5.97. The summed E-state index contributed by atoms with van der Waals surface area (Å²) in [4.78, 5) is 8.49. The molecule has 0 saturated carbocycles. The van der Waals surface area contributed by atoms with Crippen LogP contribution < -0.4 is 5.32 Å². The number of nitrogens with zero attached hydrogens (tertiary/aromatic N) is 4. The van der Waals surface area contributed by atoms with Crippen LogP contribution >= 0.6 is 0 Å². The van der Waals surface area contributed by atoms with Crippen LogP contribution in [0.25, 0.3) is 0 Å². The van der Waals surface area contributed by atoms with E-state index in [4.69, 9.17) is 4.52 Å². The highest BCUT2D eigenvalue weighted by atomic mass is 16.5. The van der Waals surface area contributed by atoms with Crippen molar-refractivity contribution in [2.24, 2.45) is 0 Å². The van der Waals surface area contributed by atoms with Crippen LogP contribution in [0.2, 0.25) is 0 Å². The van der Waals surface area contributed by atoms with Crippen molar-refractivity contribution in [2.75, 3.05) is 0 Å². The van der Waals surface area contributed by atoms with Gasteiger partial charge in [0.2, 0.25) is 5.89 Å². The third-order valence-electron chi connectivity index (χ3n) is 2.37. The number of hydrogen-bond donors (Lipinski definition) is 1. The number of imidazole rings is 1. The standard InChI is InChI=1S/C12H19N5O/c1-9-15-11(18-16-9)7-17-6-10(13-8-17)5-14-12(2,3)4/h6,8,14H,5,7H2,1-4H3. The molecule has 0 spiro atoms. The lowest BCUT2D eigenvalue weighted by Gasteiger charge is -2.19. The van der Waals surface area contributed by atoms with Crippen molar-refractivity contribution >= 4 is 0 Å². The Bertz CT molecular complexity index is 509. The summed E-state index contributed by atoms with van der Waals surface area (Å²) in [5.74, 6) is 1.25. The molecule has 2 aromatic heterocycles. The molecule has 2 heterocycles. The Hall–Kier alpha value is -1.69. The summed E-state index contributed by atoms with van der Waals surface area (Å²) < 4.78 is 7.00. The predicted molar refractivity (Wildman–Crippen MR) is 67.0 cm³/mol. The van der Waals surface area contributed by atoms with Crippen LogP contribution in [0.5, 0.6) is 0 Å². The van der Waals surface area contributed by atoms with Gasteiger partial charge in [-0.2, -0.15) is 4.98 Å². The molecule has 0 aliphatic rings. The highest BCUT2D eigenvalue weighted by Crippen LogP contribution is 2.05. The lowest BCUT2D eigenvalue weighted by molar-refractivity contribution is 0.367. The molecule has 0 bridgehead atoms. The fraction of sp³-hybridized carbons (Fsp3) is 0.583. The van der Waals surface area contributed by atoms with Gasteiger partial charge in [-0.05, 0) is 27.7 Å². The van der Waals surface area contributed by atoms with E-state index >= 15 is 0 Å². The maximum absolute atomic E-state index is 5.07. The lowest BCUT2D eigenvalue weighted by atomic mass is 10.1. The smallest absolute Gasteiger partial charge is 0.246 e. The molecular weight excluding hydrogens is 230 g/mol. The summed E-state index contributed by atoms with van der Waals surface area (Å²) in [5.41, 5.74) is 1.09. The summed E-state index contributed by atoms with van der Waals surface area (Å²) in [7, 11) is 0. The summed E-state index contributed by atoms with van der Waals surface area (Å²) in [5, 5.41) is 7.15. The Labute approximate surface area is 106 Å². The molecule has 6 heteroatoms. The molecule has 6 nitrogen and oxygen atoms in total. The average Bonchev–Trinajstić information content (AvgIpc) is 2.85. The van der Waals surface area contributed by atoms with Crippen molar-refractivity contribution in [2.45, 2.75) is 46.3 Å². The third kappa shape index (κ3) is 3.66. The molecule has 0 aliphatic heterocycles. The second kappa shape index (κ2) is 4.89. The van der Waals surface area contributed by atoms with Gasteiger partial charge in [-0.1, -0.05) is 5.16 Å². The van der Waals surface area contributed by atoms with Gasteiger partial charge in [-0.25, -0.2) is 4.98 Å². The monoisotopic (exact) mass is 249 g/mol. The Balaban J connectivity index is 1.94. The number of rotatable bonds is 4. The summed E-state index contributed by atoms with van der Waals surface area (Å²) in [6.45, 7) is 9.50. The van der Waals surface area contributed by atoms with Crippen LogP contribution in [0.4, 0.5) is 0 Å². The highest BCUT2D eigenvalue weighted by molar-refractivity contribution is 4.99. The van der Waals surface area contributed by atoms with Crippen LogP contribution in [-0.2, 0) is 13.1 Å². The van der Waals surface area contributed by atoms with Crippen LogP contribution in [0.3, 0.4) is 0 Å². The van der Waals surface area contributed by atoms with E-state index in [1.165, 1.54) is 0 Å². The molecular formula is C12H19N5O. The zero-order chi connectivity index (χ0) is 13.2. The van der Waals surface area contributed by atoms with Crippen molar-refractivity contribution in [1.29, 1.82) is 0 Å². The molecule has 18 heavy (non-hydrogen) atoms. The van der Waals surface area contributed by atoms with Crippen molar-refractivity contribution in [3.63, 3.8) is 0 Å². The Kier molecular flexibility index (Phi) is 3.47. The molecule has 2 aromatic rings. The van der Waals surface area contributed by atoms with Gasteiger partial charge in [0.05, 0.1) is 12.0 Å². The van der Waals surface area contributed by atoms with Crippen molar-refractivity contribution < 1.29 is 4.52 Å². The largest absolute Gasteiger partial charge is 0.337 e. The Morgan fingerprint density at radius 3 is 2.78 bits per heavy atom. The number of aryl methyl sites for hydroxylation is 1. The maximum Gasteiger partial charge on any atom is 0.246 e. The van der Waals surface area contributed by atoms with Crippen LogP contribution in [0, 0.1) is 6.92 Å². The third-order valence-corrected chi connectivity index (χ3v) is 2.37. The van der Waals surface area contributed by atoms with E-state index in [1.54, 1.807) is 13.3 Å². The fourth-order valence-electron chi connectivity index (χ4n) is 1.50. The average molecular weight is 249 g/mol. The minimum absolute atomic E-state index is 0.0907. The van der Waals surface area contributed by atoms with Gasteiger partial charge >= 0.3 is 0 Å². The van der Waals surface area contributed by atoms with Gasteiger partial charge in [0, 0.05) is 18.3 Å². The van der Waals surface area contributed by atoms with E-state index in [0.29, 0.717) is 18.3 Å². The molecule has 0 fully saturated rings. The van der Waals surface area contributed by atoms with E-state index in [9.17, 15) is 0 Å². The van der Waals surface area contributed by atoms with Gasteiger partial charge in [0.1, 0.15) is 6.54 Å². The van der Waals surface area contributed by atoms with Crippen LogP contribution in [-0.4, -0.2) is 25.2 Å². The molecule has 0 aromatic carbocycles. The second-order valence-corrected chi connectivity index (χ2v) is 5.38. The van der Waals surface area contributed by atoms with Crippen LogP contribution in [0.1, 0.15) is 38.2 Å². The van der Waals surface area contributed by atoms with Crippen molar-refractivity contribution in [1.82, 2.24) is 25.0 Å².